The fourth-order valence-corrected chi connectivity index (χ4v) is 2.17. The monoisotopic (exact) mass is 289 g/mol. The standard InChI is InChI=1S/C15H9Cl2NO/c16-12-5-1-3-10(7-12)14(9-18)15(19)11-4-2-6-13(17)8-11/h1-8,14H. The van der Waals surface area contributed by atoms with Crippen molar-refractivity contribution in [1.29, 1.82) is 5.26 Å². The van der Waals surface area contributed by atoms with Crippen LogP contribution in [0.1, 0.15) is 21.8 Å². The molecule has 0 saturated heterocycles. The minimum absolute atomic E-state index is 0.285. The maximum absolute atomic E-state index is 12.3. The first-order valence-electron chi connectivity index (χ1n) is 5.56. The van der Waals surface area contributed by atoms with E-state index in [1.165, 1.54) is 0 Å². The number of rotatable bonds is 3. The Kier molecular flexibility index (Phi) is 4.21. The average Bonchev–Trinajstić information content (AvgIpc) is 2.39. The molecule has 0 amide bonds. The average molecular weight is 290 g/mol. The SMILES string of the molecule is N#CC(C(=O)c1cccc(Cl)c1)c1cccc(Cl)c1. The summed E-state index contributed by atoms with van der Waals surface area (Å²) < 4.78 is 0. The molecule has 0 heterocycles. The molecule has 0 aliphatic heterocycles. The van der Waals surface area contributed by atoms with Crippen LogP contribution < -0.4 is 0 Å². The number of ketones is 1. The van der Waals surface area contributed by atoms with E-state index in [2.05, 4.69) is 0 Å². The highest BCUT2D eigenvalue weighted by molar-refractivity contribution is 6.31. The molecule has 0 spiro atoms. The van der Waals surface area contributed by atoms with E-state index in [0.717, 1.165) is 0 Å². The van der Waals surface area contributed by atoms with Crippen LogP contribution >= 0.6 is 23.2 Å². The van der Waals surface area contributed by atoms with Gasteiger partial charge in [0.15, 0.2) is 5.78 Å². The van der Waals surface area contributed by atoms with Gasteiger partial charge >= 0.3 is 0 Å². The van der Waals surface area contributed by atoms with Gasteiger partial charge in [-0.3, -0.25) is 4.79 Å². The quantitative estimate of drug-likeness (QED) is 0.782. The Bertz CT molecular complexity index is 661. The van der Waals surface area contributed by atoms with Crippen molar-refractivity contribution in [3.63, 3.8) is 0 Å². The number of benzene rings is 2. The molecule has 0 aromatic heterocycles. The van der Waals surface area contributed by atoms with Crippen molar-refractivity contribution in [3.05, 3.63) is 69.7 Å². The fourth-order valence-electron chi connectivity index (χ4n) is 1.78. The van der Waals surface area contributed by atoms with Crippen molar-refractivity contribution in [3.8, 4) is 6.07 Å². The summed E-state index contributed by atoms with van der Waals surface area (Å²) in [4.78, 5) is 12.3. The summed E-state index contributed by atoms with van der Waals surface area (Å²) in [5.41, 5.74) is 0.999. The zero-order chi connectivity index (χ0) is 13.8. The third-order valence-corrected chi connectivity index (χ3v) is 3.15. The minimum atomic E-state index is -0.878. The lowest BCUT2D eigenvalue weighted by Gasteiger charge is -2.09. The molecule has 4 heteroatoms. The number of carbonyl (C=O) groups excluding carboxylic acids is 1. The second-order valence-corrected chi connectivity index (χ2v) is 4.86. The molecule has 2 aromatic rings. The van der Waals surface area contributed by atoms with Crippen molar-refractivity contribution < 1.29 is 4.79 Å². The number of nitriles is 1. The molecule has 0 N–H and O–H groups in total. The summed E-state index contributed by atoms with van der Waals surface area (Å²) in [5, 5.41) is 10.2. The Hall–Kier alpha value is -1.82. The first kappa shape index (κ1) is 13.6. The van der Waals surface area contributed by atoms with Gasteiger partial charge in [-0.15, -0.1) is 0 Å². The number of halogens is 2. The van der Waals surface area contributed by atoms with E-state index in [9.17, 15) is 10.1 Å². The van der Waals surface area contributed by atoms with Gasteiger partial charge in [0.25, 0.3) is 0 Å². The molecule has 0 fully saturated rings. The van der Waals surface area contributed by atoms with Crippen LogP contribution in [0.25, 0.3) is 0 Å². The highest BCUT2D eigenvalue weighted by Crippen LogP contribution is 2.24. The Morgan fingerprint density at radius 1 is 1.05 bits per heavy atom. The van der Waals surface area contributed by atoms with Crippen LogP contribution in [0.3, 0.4) is 0 Å². The van der Waals surface area contributed by atoms with Crippen LogP contribution in [-0.4, -0.2) is 5.78 Å². The normalized spacial score (nSPS) is 11.6. The van der Waals surface area contributed by atoms with E-state index in [-0.39, 0.29) is 5.78 Å². The Morgan fingerprint density at radius 3 is 2.26 bits per heavy atom. The lowest BCUT2D eigenvalue weighted by Crippen LogP contribution is -2.11. The van der Waals surface area contributed by atoms with Gasteiger partial charge in [0.1, 0.15) is 5.92 Å². The van der Waals surface area contributed by atoms with E-state index >= 15 is 0 Å². The molecule has 2 aromatic carbocycles. The largest absolute Gasteiger partial charge is 0.292 e. The molecule has 1 atom stereocenters. The van der Waals surface area contributed by atoms with Gasteiger partial charge < -0.3 is 0 Å². The van der Waals surface area contributed by atoms with Crippen molar-refractivity contribution >= 4 is 29.0 Å². The van der Waals surface area contributed by atoms with E-state index < -0.39 is 5.92 Å². The predicted molar refractivity (Wildman–Crippen MR) is 75.6 cm³/mol. The molecule has 2 nitrogen and oxygen atoms in total. The molecule has 0 radical (unpaired) electrons. The molecule has 19 heavy (non-hydrogen) atoms. The maximum atomic E-state index is 12.3. The Morgan fingerprint density at radius 2 is 1.68 bits per heavy atom. The molecule has 0 bridgehead atoms. The molecule has 94 valence electrons. The van der Waals surface area contributed by atoms with E-state index in [0.29, 0.717) is 21.2 Å². The molecule has 1 unspecified atom stereocenters. The third kappa shape index (κ3) is 3.14. The number of Topliss-reactive ketones (excluding diaryl/α,β-unsaturated/α-hetero) is 1. The zero-order valence-electron chi connectivity index (χ0n) is 9.81. The van der Waals surface area contributed by atoms with Gasteiger partial charge in [0.05, 0.1) is 6.07 Å². The number of nitrogens with zero attached hydrogens (tertiary/aromatic N) is 1. The van der Waals surface area contributed by atoms with Crippen LogP contribution in [0.2, 0.25) is 10.0 Å². The number of hydrogen-bond donors (Lipinski definition) is 0. The molecule has 0 aliphatic carbocycles. The molecule has 0 saturated carbocycles. The van der Waals surface area contributed by atoms with Crippen molar-refractivity contribution in [2.75, 3.05) is 0 Å². The predicted octanol–water partition coefficient (Wildman–Crippen LogP) is 4.48. The summed E-state index contributed by atoms with van der Waals surface area (Å²) in [5.74, 6) is -1.16. The van der Waals surface area contributed by atoms with Crippen LogP contribution in [0.5, 0.6) is 0 Å². The van der Waals surface area contributed by atoms with E-state index in [1.807, 2.05) is 6.07 Å². The summed E-state index contributed by atoms with van der Waals surface area (Å²) in [6.45, 7) is 0. The van der Waals surface area contributed by atoms with E-state index in [1.54, 1.807) is 48.5 Å². The van der Waals surface area contributed by atoms with Crippen molar-refractivity contribution in [2.45, 2.75) is 5.92 Å². The van der Waals surface area contributed by atoms with Crippen LogP contribution in [0.15, 0.2) is 48.5 Å². The van der Waals surface area contributed by atoms with Crippen molar-refractivity contribution in [1.82, 2.24) is 0 Å². The molecular formula is C15H9Cl2NO. The highest BCUT2D eigenvalue weighted by atomic mass is 35.5. The first-order valence-corrected chi connectivity index (χ1v) is 6.32. The number of carbonyl (C=O) groups is 1. The van der Waals surface area contributed by atoms with Gasteiger partial charge in [-0.25, -0.2) is 0 Å². The van der Waals surface area contributed by atoms with Gasteiger partial charge in [0.2, 0.25) is 0 Å². The Labute approximate surface area is 121 Å². The fraction of sp³-hybridized carbons (Fsp3) is 0.0667. The topological polar surface area (TPSA) is 40.9 Å². The second kappa shape index (κ2) is 5.88. The third-order valence-electron chi connectivity index (χ3n) is 2.68. The summed E-state index contributed by atoms with van der Waals surface area (Å²) >= 11 is 11.7. The molecular weight excluding hydrogens is 281 g/mol. The van der Waals surface area contributed by atoms with Gasteiger partial charge in [0, 0.05) is 15.6 Å². The van der Waals surface area contributed by atoms with Crippen LogP contribution in [-0.2, 0) is 0 Å². The van der Waals surface area contributed by atoms with Crippen molar-refractivity contribution in [2.24, 2.45) is 0 Å². The lowest BCUT2D eigenvalue weighted by molar-refractivity contribution is 0.0979. The Balaban J connectivity index is 2.38. The second-order valence-electron chi connectivity index (χ2n) is 3.99. The highest BCUT2D eigenvalue weighted by Gasteiger charge is 2.22. The lowest BCUT2D eigenvalue weighted by atomic mass is 9.92. The van der Waals surface area contributed by atoms with E-state index in [4.69, 9.17) is 23.2 Å². The summed E-state index contributed by atoms with van der Waals surface area (Å²) in [7, 11) is 0. The summed E-state index contributed by atoms with van der Waals surface area (Å²) in [6, 6.07) is 15.3. The summed E-state index contributed by atoms with van der Waals surface area (Å²) in [6.07, 6.45) is 0. The molecule has 2 rings (SSSR count). The number of hydrogen-bond acceptors (Lipinski definition) is 2. The van der Waals surface area contributed by atoms with Gasteiger partial charge in [-0.05, 0) is 29.8 Å². The molecule has 0 aliphatic rings. The maximum Gasteiger partial charge on any atom is 0.184 e. The van der Waals surface area contributed by atoms with Crippen LogP contribution in [0.4, 0.5) is 0 Å². The van der Waals surface area contributed by atoms with Gasteiger partial charge in [-0.2, -0.15) is 5.26 Å². The van der Waals surface area contributed by atoms with Gasteiger partial charge in [-0.1, -0.05) is 47.5 Å². The minimum Gasteiger partial charge on any atom is -0.292 e. The first-order chi connectivity index (χ1) is 9.11. The van der Waals surface area contributed by atoms with Crippen LogP contribution in [0, 0.1) is 11.3 Å². The zero-order valence-corrected chi connectivity index (χ0v) is 11.3. The smallest absolute Gasteiger partial charge is 0.184 e.